The van der Waals surface area contributed by atoms with Crippen molar-refractivity contribution in [2.45, 2.75) is 33.6 Å². The van der Waals surface area contributed by atoms with Gasteiger partial charge in [0.2, 0.25) is 11.9 Å². The van der Waals surface area contributed by atoms with E-state index in [-0.39, 0.29) is 18.4 Å². The van der Waals surface area contributed by atoms with Crippen LogP contribution in [-0.2, 0) is 14.3 Å². The van der Waals surface area contributed by atoms with Crippen LogP contribution < -0.4 is 10.2 Å². The molecular weight excluding hydrogens is 296 g/mol. The summed E-state index contributed by atoms with van der Waals surface area (Å²) in [6.45, 7) is 7.25. The largest absolute Gasteiger partial charge is 0.465 e. The van der Waals surface area contributed by atoms with Gasteiger partial charge in [-0.2, -0.15) is 0 Å². The Morgan fingerprint density at radius 2 is 2.04 bits per heavy atom. The molecule has 0 radical (unpaired) electrons. The number of aromatic nitrogens is 2. The smallest absolute Gasteiger partial charge is 0.325 e. The molecule has 1 amide bonds. The van der Waals surface area contributed by atoms with Gasteiger partial charge in [0, 0.05) is 24.5 Å². The molecule has 1 aliphatic heterocycles. The highest BCUT2D eigenvalue weighted by Gasteiger charge is 2.27. The second kappa shape index (κ2) is 7.89. The van der Waals surface area contributed by atoms with Gasteiger partial charge in [-0.25, -0.2) is 9.97 Å². The van der Waals surface area contributed by atoms with Gasteiger partial charge in [-0.05, 0) is 39.7 Å². The lowest BCUT2D eigenvalue weighted by Crippen LogP contribution is -2.45. The second-order valence-electron chi connectivity index (χ2n) is 5.76. The topological polar surface area (TPSA) is 84.4 Å². The number of aryl methyl sites for hydroxylation is 2. The van der Waals surface area contributed by atoms with Gasteiger partial charge in [-0.3, -0.25) is 9.59 Å². The molecule has 1 atom stereocenters. The number of rotatable bonds is 5. The number of ether oxygens (including phenoxy) is 1. The molecule has 7 heteroatoms. The number of esters is 1. The number of nitrogens with one attached hydrogen (secondary N) is 1. The molecule has 1 aromatic heterocycles. The molecule has 1 fully saturated rings. The van der Waals surface area contributed by atoms with Crippen LogP contribution in [0, 0.1) is 19.8 Å². The number of carbonyl (C=O) groups excluding carboxylic acids is 2. The van der Waals surface area contributed by atoms with E-state index in [4.69, 9.17) is 4.74 Å². The highest BCUT2D eigenvalue weighted by Crippen LogP contribution is 2.21. The molecule has 0 bridgehead atoms. The van der Waals surface area contributed by atoms with Crippen molar-refractivity contribution in [1.29, 1.82) is 0 Å². The van der Waals surface area contributed by atoms with Gasteiger partial charge in [0.15, 0.2) is 0 Å². The lowest BCUT2D eigenvalue weighted by atomic mass is 9.97. The van der Waals surface area contributed by atoms with Crippen LogP contribution in [0.15, 0.2) is 6.07 Å². The lowest BCUT2D eigenvalue weighted by Gasteiger charge is -2.32. The molecule has 2 rings (SSSR count). The van der Waals surface area contributed by atoms with Crippen LogP contribution in [-0.4, -0.2) is 48.1 Å². The second-order valence-corrected chi connectivity index (χ2v) is 5.76. The van der Waals surface area contributed by atoms with E-state index in [0.29, 0.717) is 19.1 Å². The summed E-state index contributed by atoms with van der Waals surface area (Å²) >= 11 is 0. The number of hydrogen-bond acceptors (Lipinski definition) is 6. The molecule has 0 spiro atoms. The first-order chi connectivity index (χ1) is 11.0. The minimum Gasteiger partial charge on any atom is -0.465 e. The first-order valence-electron chi connectivity index (χ1n) is 8.00. The third-order valence-corrected chi connectivity index (χ3v) is 3.76. The van der Waals surface area contributed by atoms with Crippen molar-refractivity contribution in [3.05, 3.63) is 17.5 Å². The highest BCUT2D eigenvalue weighted by molar-refractivity contribution is 5.84. The van der Waals surface area contributed by atoms with E-state index in [1.165, 1.54) is 0 Å². The third kappa shape index (κ3) is 4.91. The predicted octanol–water partition coefficient (Wildman–Crippen LogP) is 0.989. The summed E-state index contributed by atoms with van der Waals surface area (Å²) in [5, 5.41) is 2.65. The van der Waals surface area contributed by atoms with E-state index in [1.54, 1.807) is 6.92 Å². The number of hydrogen-bond donors (Lipinski definition) is 1. The maximum Gasteiger partial charge on any atom is 0.325 e. The zero-order chi connectivity index (χ0) is 16.8. The van der Waals surface area contributed by atoms with E-state index in [0.717, 1.165) is 30.8 Å². The van der Waals surface area contributed by atoms with Gasteiger partial charge in [-0.1, -0.05) is 0 Å². The van der Waals surface area contributed by atoms with Crippen LogP contribution >= 0.6 is 0 Å². The van der Waals surface area contributed by atoms with E-state index in [2.05, 4.69) is 15.3 Å². The molecule has 1 N–H and O–H groups in total. The Bertz CT molecular complexity index is 556. The lowest BCUT2D eigenvalue weighted by molar-refractivity contribution is -0.143. The van der Waals surface area contributed by atoms with Crippen molar-refractivity contribution >= 4 is 17.8 Å². The van der Waals surface area contributed by atoms with Crippen molar-refractivity contribution < 1.29 is 14.3 Å². The third-order valence-electron chi connectivity index (χ3n) is 3.76. The Balaban J connectivity index is 1.94. The fourth-order valence-corrected chi connectivity index (χ4v) is 2.74. The monoisotopic (exact) mass is 320 g/mol. The maximum atomic E-state index is 12.2. The van der Waals surface area contributed by atoms with Crippen molar-refractivity contribution in [2.24, 2.45) is 5.92 Å². The fraction of sp³-hybridized carbons (Fsp3) is 0.625. The Labute approximate surface area is 136 Å². The first kappa shape index (κ1) is 17.2. The van der Waals surface area contributed by atoms with Crippen LogP contribution in [0.2, 0.25) is 0 Å². The van der Waals surface area contributed by atoms with Crippen molar-refractivity contribution in [1.82, 2.24) is 15.3 Å². The number of anilines is 1. The summed E-state index contributed by atoms with van der Waals surface area (Å²) in [4.78, 5) is 34.5. The molecule has 1 aliphatic rings. The summed E-state index contributed by atoms with van der Waals surface area (Å²) in [5.41, 5.74) is 1.84. The Morgan fingerprint density at radius 1 is 1.35 bits per heavy atom. The Hall–Kier alpha value is -2.18. The van der Waals surface area contributed by atoms with E-state index in [9.17, 15) is 9.59 Å². The van der Waals surface area contributed by atoms with Gasteiger partial charge >= 0.3 is 5.97 Å². The number of carbonyl (C=O) groups is 2. The summed E-state index contributed by atoms with van der Waals surface area (Å²) in [5.74, 6) is -0.0220. The molecule has 0 saturated carbocycles. The van der Waals surface area contributed by atoms with Crippen molar-refractivity contribution in [3.63, 3.8) is 0 Å². The Morgan fingerprint density at radius 3 is 2.70 bits per heavy atom. The molecule has 126 valence electrons. The number of piperidine rings is 1. The fourth-order valence-electron chi connectivity index (χ4n) is 2.74. The maximum absolute atomic E-state index is 12.2. The van der Waals surface area contributed by atoms with Crippen LogP contribution in [0.25, 0.3) is 0 Å². The zero-order valence-corrected chi connectivity index (χ0v) is 14.0. The zero-order valence-electron chi connectivity index (χ0n) is 14.0. The minimum absolute atomic E-state index is 0.0801. The van der Waals surface area contributed by atoms with Gasteiger partial charge in [0.25, 0.3) is 0 Å². The van der Waals surface area contributed by atoms with E-state index in [1.807, 2.05) is 24.8 Å². The number of amides is 1. The molecule has 0 aliphatic carbocycles. The normalized spacial score (nSPS) is 17.7. The van der Waals surface area contributed by atoms with Crippen LogP contribution in [0.1, 0.15) is 31.2 Å². The SMILES string of the molecule is CCOC(=O)CNC(=O)[C@@H]1CCCN(c2nc(C)cc(C)n2)C1. The molecule has 23 heavy (non-hydrogen) atoms. The Kier molecular flexibility index (Phi) is 5.90. The van der Waals surface area contributed by atoms with Gasteiger partial charge < -0.3 is 15.0 Å². The van der Waals surface area contributed by atoms with Gasteiger partial charge in [0.05, 0.1) is 12.5 Å². The molecule has 2 heterocycles. The molecule has 0 aromatic carbocycles. The van der Waals surface area contributed by atoms with E-state index >= 15 is 0 Å². The molecule has 1 aromatic rings. The average Bonchev–Trinajstić information content (AvgIpc) is 2.52. The van der Waals surface area contributed by atoms with Crippen LogP contribution in [0.3, 0.4) is 0 Å². The van der Waals surface area contributed by atoms with Crippen LogP contribution in [0.5, 0.6) is 0 Å². The minimum atomic E-state index is -0.411. The van der Waals surface area contributed by atoms with Gasteiger partial charge in [0.1, 0.15) is 6.54 Å². The highest BCUT2D eigenvalue weighted by atomic mass is 16.5. The van der Waals surface area contributed by atoms with Crippen LogP contribution in [0.4, 0.5) is 5.95 Å². The first-order valence-corrected chi connectivity index (χ1v) is 8.00. The molecule has 0 unspecified atom stereocenters. The van der Waals surface area contributed by atoms with E-state index < -0.39 is 5.97 Å². The van der Waals surface area contributed by atoms with Gasteiger partial charge in [-0.15, -0.1) is 0 Å². The standard InChI is InChI=1S/C16H24N4O3/c1-4-23-14(21)9-17-15(22)13-6-5-7-20(10-13)16-18-11(2)8-12(3)19-16/h8,13H,4-7,9-10H2,1-3H3,(H,17,22)/t13-/m1/s1. The molecule has 1 saturated heterocycles. The molecule has 7 nitrogen and oxygen atoms in total. The van der Waals surface area contributed by atoms with Crippen molar-refractivity contribution in [3.8, 4) is 0 Å². The van der Waals surface area contributed by atoms with Crippen molar-refractivity contribution in [2.75, 3.05) is 31.1 Å². The predicted molar refractivity (Wildman–Crippen MR) is 86.1 cm³/mol. The summed E-state index contributed by atoms with van der Waals surface area (Å²) in [7, 11) is 0. The molecular formula is C16H24N4O3. The summed E-state index contributed by atoms with van der Waals surface area (Å²) in [6, 6.07) is 1.93. The average molecular weight is 320 g/mol. The quantitative estimate of drug-likeness (QED) is 0.815. The summed E-state index contributed by atoms with van der Waals surface area (Å²) < 4.78 is 4.81. The summed E-state index contributed by atoms with van der Waals surface area (Å²) in [6.07, 6.45) is 1.70. The number of nitrogens with zero attached hydrogens (tertiary/aromatic N) is 3.